The lowest BCUT2D eigenvalue weighted by Gasteiger charge is -2.31. The monoisotopic (exact) mass is 221 g/mol. The predicted octanol–water partition coefficient (Wildman–Crippen LogP) is 2.70. The lowest BCUT2D eigenvalue weighted by atomic mass is 9.99. The van der Waals surface area contributed by atoms with Crippen LogP contribution in [-0.4, -0.2) is 23.9 Å². The molecule has 0 radical (unpaired) electrons. The molecule has 0 aliphatic carbocycles. The average molecular weight is 221 g/mol. The normalized spacial score (nSPS) is 20.9. The van der Waals surface area contributed by atoms with E-state index in [-0.39, 0.29) is 11.7 Å². The fourth-order valence-electron chi connectivity index (χ4n) is 2.18. The number of halogens is 1. The number of hydrogen-bond acceptors (Lipinski definition) is 1. The zero-order valence-electron chi connectivity index (χ0n) is 9.45. The molecule has 0 saturated carbocycles. The van der Waals surface area contributed by atoms with Gasteiger partial charge in [-0.1, -0.05) is 13.0 Å². The molecule has 0 spiro atoms. The van der Waals surface area contributed by atoms with Crippen LogP contribution in [0, 0.1) is 11.7 Å². The molecule has 1 aliphatic rings. The number of hydrogen-bond donors (Lipinski definition) is 0. The topological polar surface area (TPSA) is 20.3 Å². The molecule has 1 amide bonds. The number of amides is 1. The molecule has 1 heterocycles. The maximum Gasteiger partial charge on any atom is 0.253 e. The van der Waals surface area contributed by atoms with E-state index < -0.39 is 0 Å². The minimum absolute atomic E-state index is 0.0500. The van der Waals surface area contributed by atoms with Crippen LogP contribution in [-0.2, 0) is 0 Å². The quantitative estimate of drug-likeness (QED) is 0.714. The predicted molar refractivity (Wildman–Crippen MR) is 60.7 cm³/mol. The molecule has 1 saturated heterocycles. The van der Waals surface area contributed by atoms with Crippen LogP contribution in [0.15, 0.2) is 24.3 Å². The summed E-state index contributed by atoms with van der Waals surface area (Å²) < 4.78 is 13.0. The highest BCUT2D eigenvalue weighted by Gasteiger charge is 2.21. The molecule has 0 unspecified atom stereocenters. The van der Waals surface area contributed by atoms with Crippen LogP contribution in [0.3, 0.4) is 0 Å². The van der Waals surface area contributed by atoms with Gasteiger partial charge in [-0.2, -0.15) is 0 Å². The second-order valence-electron chi connectivity index (χ2n) is 4.51. The minimum Gasteiger partial charge on any atom is -0.338 e. The zero-order chi connectivity index (χ0) is 11.5. The third-order valence-electron chi connectivity index (χ3n) is 3.02. The maximum absolute atomic E-state index is 13.0. The van der Waals surface area contributed by atoms with Gasteiger partial charge in [0.25, 0.3) is 5.91 Å². The highest BCUT2D eigenvalue weighted by Crippen LogP contribution is 2.18. The maximum atomic E-state index is 13.0. The Balaban J connectivity index is 2.12. The van der Waals surface area contributed by atoms with E-state index in [4.69, 9.17) is 0 Å². The molecular weight excluding hydrogens is 205 g/mol. The third-order valence-corrected chi connectivity index (χ3v) is 3.02. The van der Waals surface area contributed by atoms with E-state index in [0.717, 1.165) is 19.5 Å². The van der Waals surface area contributed by atoms with Crippen LogP contribution in [0.4, 0.5) is 4.39 Å². The fraction of sp³-hybridized carbons (Fsp3) is 0.462. The summed E-state index contributed by atoms with van der Waals surface area (Å²) in [4.78, 5) is 13.9. The SMILES string of the molecule is C[C@@H]1CCCN(C(=O)c2cccc(F)c2)C1. The van der Waals surface area contributed by atoms with E-state index in [9.17, 15) is 9.18 Å². The van der Waals surface area contributed by atoms with E-state index in [1.807, 2.05) is 4.90 Å². The highest BCUT2D eigenvalue weighted by molar-refractivity contribution is 5.94. The molecule has 86 valence electrons. The standard InChI is InChI=1S/C13H16FNO/c1-10-4-3-7-15(9-10)13(16)11-5-2-6-12(14)8-11/h2,5-6,8,10H,3-4,7,9H2,1H3/t10-/m1/s1. The zero-order valence-corrected chi connectivity index (χ0v) is 9.45. The van der Waals surface area contributed by atoms with Crippen molar-refractivity contribution >= 4 is 5.91 Å². The van der Waals surface area contributed by atoms with Crippen molar-refractivity contribution in [1.29, 1.82) is 0 Å². The Morgan fingerprint density at radius 2 is 2.31 bits per heavy atom. The first-order chi connectivity index (χ1) is 7.66. The smallest absolute Gasteiger partial charge is 0.253 e. The van der Waals surface area contributed by atoms with E-state index in [2.05, 4.69) is 6.92 Å². The van der Waals surface area contributed by atoms with Crippen LogP contribution >= 0.6 is 0 Å². The number of likely N-dealkylation sites (tertiary alicyclic amines) is 1. The van der Waals surface area contributed by atoms with Gasteiger partial charge in [0.1, 0.15) is 5.82 Å². The van der Waals surface area contributed by atoms with Crippen molar-refractivity contribution in [3.8, 4) is 0 Å². The molecule has 1 aromatic carbocycles. The average Bonchev–Trinajstić information content (AvgIpc) is 2.28. The summed E-state index contributed by atoms with van der Waals surface area (Å²) in [6, 6.07) is 5.91. The van der Waals surface area contributed by atoms with E-state index >= 15 is 0 Å². The molecule has 1 aliphatic heterocycles. The highest BCUT2D eigenvalue weighted by atomic mass is 19.1. The van der Waals surface area contributed by atoms with Gasteiger partial charge >= 0.3 is 0 Å². The number of piperidine rings is 1. The number of nitrogens with zero attached hydrogens (tertiary/aromatic N) is 1. The van der Waals surface area contributed by atoms with Crippen molar-refractivity contribution in [3.63, 3.8) is 0 Å². The molecule has 2 nitrogen and oxygen atoms in total. The summed E-state index contributed by atoms with van der Waals surface area (Å²) in [5.74, 6) is 0.146. The first-order valence-corrected chi connectivity index (χ1v) is 5.71. The Bertz CT molecular complexity index is 391. The second-order valence-corrected chi connectivity index (χ2v) is 4.51. The molecule has 0 bridgehead atoms. The van der Waals surface area contributed by atoms with Crippen LogP contribution in [0.1, 0.15) is 30.1 Å². The van der Waals surface area contributed by atoms with Gasteiger partial charge in [-0.15, -0.1) is 0 Å². The molecule has 3 heteroatoms. The van der Waals surface area contributed by atoms with Crippen LogP contribution in [0.25, 0.3) is 0 Å². The van der Waals surface area contributed by atoms with E-state index in [1.54, 1.807) is 12.1 Å². The van der Waals surface area contributed by atoms with Crippen LogP contribution < -0.4 is 0 Å². The molecule has 2 rings (SSSR count). The second kappa shape index (κ2) is 4.64. The summed E-state index contributed by atoms with van der Waals surface area (Å²) in [5.41, 5.74) is 0.453. The van der Waals surface area contributed by atoms with Gasteiger partial charge in [-0.05, 0) is 37.0 Å². The molecule has 0 N–H and O–H groups in total. The van der Waals surface area contributed by atoms with Gasteiger partial charge in [0, 0.05) is 18.7 Å². The van der Waals surface area contributed by atoms with Crippen molar-refractivity contribution in [1.82, 2.24) is 4.90 Å². The van der Waals surface area contributed by atoms with Gasteiger partial charge in [0.15, 0.2) is 0 Å². The van der Waals surface area contributed by atoms with Crippen molar-refractivity contribution in [2.75, 3.05) is 13.1 Å². The number of benzene rings is 1. The third kappa shape index (κ3) is 2.40. The molecular formula is C13H16FNO. The molecule has 16 heavy (non-hydrogen) atoms. The van der Waals surface area contributed by atoms with Crippen LogP contribution in [0.5, 0.6) is 0 Å². The molecule has 1 fully saturated rings. The number of rotatable bonds is 1. The minimum atomic E-state index is -0.351. The Morgan fingerprint density at radius 3 is 3.00 bits per heavy atom. The van der Waals surface area contributed by atoms with Gasteiger partial charge in [0.05, 0.1) is 0 Å². The lowest BCUT2D eigenvalue weighted by molar-refractivity contribution is 0.0682. The molecule has 0 aromatic heterocycles. The van der Waals surface area contributed by atoms with Gasteiger partial charge in [0.2, 0.25) is 0 Å². The van der Waals surface area contributed by atoms with Crippen LogP contribution in [0.2, 0.25) is 0 Å². The van der Waals surface area contributed by atoms with Gasteiger partial charge in [-0.25, -0.2) is 4.39 Å². The van der Waals surface area contributed by atoms with Crippen molar-refractivity contribution < 1.29 is 9.18 Å². The number of carbonyl (C=O) groups is 1. The Hall–Kier alpha value is -1.38. The summed E-state index contributed by atoms with van der Waals surface area (Å²) in [6.07, 6.45) is 2.22. The molecule has 1 aromatic rings. The Labute approximate surface area is 95.1 Å². The largest absolute Gasteiger partial charge is 0.338 e. The summed E-state index contributed by atoms with van der Waals surface area (Å²) in [5, 5.41) is 0. The van der Waals surface area contributed by atoms with Crippen molar-refractivity contribution in [3.05, 3.63) is 35.6 Å². The van der Waals surface area contributed by atoms with E-state index in [1.165, 1.54) is 18.6 Å². The Kier molecular flexibility index (Phi) is 3.22. The fourth-order valence-corrected chi connectivity index (χ4v) is 2.18. The van der Waals surface area contributed by atoms with Crippen molar-refractivity contribution in [2.45, 2.75) is 19.8 Å². The Morgan fingerprint density at radius 1 is 1.50 bits per heavy atom. The number of carbonyl (C=O) groups excluding carboxylic acids is 1. The van der Waals surface area contributed by atoms with Crippen molar-refractivity contribution in [2.24, 2.45) is 5.92 Å². The molecule has 1 atom stereocenters. The summed E-state index contributed by atoms with van der Waals surface area (Å²) in [6.45, 7) is 3.72. The van der Waals surface area contributed by atoms with E-state index in [0.29, 0.717) is 11.5 Å². The summed E-state index contributed by atoms with van der Waals surface area (Å²) in [7, 11) is 0. The van der Waals surface area contributed by atoms with Gasteiger partial charge < -0.3 is 4.90 Å². The lowest BCUT2D eigenvalue weighted by Crippen LogP contribution is -2.39. The summed E-state index contributed by atoms with van der Waals surface area (Å²) >= 11 is 0. The first-order valence-electron chi connectivity index (χ1n) is 5.71. The first kappa shape index (κ1) is 11.1. The van der Waals surface area contributed by atoms with Gasteiger partial charge in [-0.3, -0.25) is 4.79 Å².